The van der Waals surface area contributed by atoms with E-state index >= 15 is 0 Å². The van der Waals surface area contributed by atoms with Gasteiger partial charge in [-0.05, 0) is 24.1 Å². The van der Waals surface area contributed by atoms with E-state index in [-0.39, 0.29) is 10.8 Å². The third-order valence-corrected chi connectivity index (χ3v) is 3.36. The van der Waals surface area contributed by atoms with Gasteiger partial charge < -0.3 is 16.0 Å². The van der Waals surface area contributed by atoms with Gasteiger partial charge >= 0.3 is 4.87 Å². The molecule has 100 valence electrons. The molecule has 0 unspecified atom stereocenters. The number of benzene rings is 1. The number of nitrogen functional groups attached to an aromatic ring is 1. The summed E-state index contributed by atoms with van der Waals surface area (Å²) in [6, 6.07) is 7.50. The van der Waals surface area contributed by atoms with E-state index in [1.54, 1.807) is 5.38 Å². The second-order valence-electron chi connectivity index (χ2n) is 4.20. The minimum atomic E-state index is -0.107. The summed E-state index contributed by atoms with van der Waals surface area (Å²) >= 11 is 1.09. The molecule has 0 fully saturated rings. The van der Waals surface area contributed by atoms with Gasteiger partial charge in [-0.3, -0.25) is 9.59 Å². The lowest BCUT2D eigenvalue weighted by molar-refractivity contribution is -0.121. The molecular weight excluding hydrogens is 262 g/mol. The molecule has 0 saturated carbocycles. The van der Waals surface area contributed by atoms with Gasteiger partial charge in [-0.15, -0.1) is 0 Å². The highest BCUT2D eigenvalue weighted by atomic mass is 32.1. The Morgan fingerprint density at radius 1 is 1.42 bits per heavy atom. The van der Waals surface area contributed by atoms with Gasteiger partial charge in [-0.2, -0.15) is 0 Å². The molecular formula is C13H15N3O2S. The van der Waals surface area contributed by atoms with E-state index in [0.717, 1.165) is 22.6 Å². The number of H-pyrrole nitrogens is 1. The highest BCUT2D eigenvalue weighted by Gasteiger charge is 2.03. The van der Waals surface area contributed by atoms with Gasteiger partial charge in [0.15, 0.2) is 0 Å². The summed E-state index contributed by atoms with van der Waals surface area (Å²) in [4.78, 5) is 25.1. The maximum atomic E-state index is 11.7. The molecule has 0 spiro atoms. The summed E-state index contributed by atoms with van der Waals surface area (Å²) in [6.07, 6.45) is 1.05. The molecule has 0 atom stereocenters. The van der Waals surface area contributed by atoms with E-state index in [4.69, 9.17) is 5.73 Å². The molecule has 2 aromatic rings. The van der Waals surface area contributed by atoms with E-state index < -0.39 is 0 Å². The number of carbonyl (C=O) groups excluding carboxylic acids is 1. The van der Waals surface area contributed by atoms with Crippen LogP contribution in [0.5, 0.6) is 0 Å². The number of amides is 1. The predicted molar refractivity (Wildman–Crippen MR) is 76.0 cm³/mol. The van der Waals surface area contributed by atoms with Crippen LogP contribution >= 0.6 is 11.3 Å². The highest BCUT2D eigenvalue weighted by molar-refractivity contribution is 7.07. The Bertz CT molecular complexity index is 618. The van der Waals surface area contributed by atoms with E-state index in [9.17, 15) is 9.59 Å². The number of nitrogens with one attached hydrogen (secondary N) is 2. The molecule has 0 saturated heterocycles. The Hall–Kier alpha value is -2.08. The van der Waals surface area contributed by atoms with Gasteiger partial charge in [0.1, 0.15) is 0 Å². The summed E-state index contributed by atoms with van der Waals surface area (Å²) < 4.78 is 0. The van der Waals surface area contributed by atoms with Gasteiger partial charge in [0, 0.05) is 23.2 Å². The molecule has 1 aromatic carbocycles. The Kier molecular flexibility index (Phi) is 4.35. The van der Waals surface area contributed by atoms with Crippen molar-refractivity contribution in [3.63, 3.8) is 0 Å². The number of thiazole rings is 1. The summed E-state index contributed by atoms with van der Waals surface area (Å²) in [5.74, 6) is -0.0468. The van der Waals surface area contributed by atoms with Crippen molar-refractivity contribution in [2.75, 3.05) is 5.73 Å². The molecule has 1 aromatic heterocycles. The monoisotopic (exact) mass is 277 g/mol. The standard InChI is InChI=1S/C13H15N3O2S/c14-10-3-1-2-9(6-10)4-5-12(17)15-7-11-8-19-13(18)16-11/h1-3,6,8H,4-5,7,14H2,(H,15,17)(H,16,18). The van der Waals surface area contributed by atoms with Crippen LogP contribution in [0.25, 0.3) is 0 Å². The van der Waals surface area contributed by atoms with Crippen LogP contribution in [0, 0.1) is 0 Å². The van der Waals surface area contributed by atoms with E-state index in [2.05, 4.69) is 10.3 Å². The van der Waals surface area contributed by atoms with Crippen molar-refractivity contribution in [3.8, 4) is 0 Å². The largest absolute Gasteiger partial charge is 0.399 e. The van der Waals surface area contributed by atoms with Crippen LogP contribution < -0.4 is 15.9 Å². The zero-order valence-electron chi connectivity index (χ0n) is 10.3. The molecule has 1 heterocycles. The maximum Gasteiger partial charge on any atom is 0.304 e. The third kappa shape index (κ3) is 4.26. The molecule has 19 heavy (non-hydrogen) atoms. The fourth-order valence-electron chi connectivity index (χ4n) is 1.69. The number of carbonyl (C=O) groups is 1. The van der Waals surface area contributed by atoms with Gasteiger partial charge in [0.05, 0.1) is 6.54 Å². The number of anilines is 1. The van der Waals surface area contributed by atoms with Crippen LogP contribution in [0.1, 0.15) is 17.7 Å². The predicted octanol–water partition coefficient (Wildman–Crippen LogP) is 1.27. The van der Waals surface area contributed by atoms with E-state index in [0.29, 0.717) is 25.1 Å². The van der Waals surface area contributed by atoms with Crippen molar-refractivity contribution < 1.29 is 4.79 Å². The molecule has 4 N–H and O–H groups in total. The molecule has 5 nitrogen and oxygen atoms in total. The minimum absolute atomic E-state index is 0.0468. The van der Waals surface area contributed by atoms with Crippen LogP contribution in [0.3, 0.4) is 0 Å². The second-order valence-corrected chi connectivity index (χ2v) is 5.04. The van der Waals surface area contributed by atoms with Crippen LogP contribution in [0.4, 0.5) is 5.69 Å². The number of aromatic nitrogens is 1. The molecule has 0 aliphatic heterocycles. The SMILES string of the molecule is Nc1cccc(CCC(=O)NCc2csc(=O)[nH]2)c1. The molecule has 2 rings (SSSR count). The first-order valence-electron chi connectivity index (χ1n) is 5.91. The molecule has 0 radical (unpaired) electrons. The first-order valence-corrected chi connectivity index (χ1v) is 6.79. The lowest BCUT2D eigenvalue weighted by Crippen LogP contribution is -2.23. The number of aromatic amines is 1. The Morgan fingerprint density at radius 2 is 2.26 bits per heavy atom. The van der Waals surface area contributed by atoms with Crippen LogP contribution in [-0.2, 0) is 17.8 Å². The average molecular weight is 277 g/mol. The van der Waals surface area contributed by atoms with Gasteiger partial charge in [0.25, 0.3) is 0 Å². The van der Waals surface area contributed by atoms with Gasteiger partial charge in [-0.25, -0.2) is 0 Å². The van der Waals surface area contributed by atoms with E-state index in [1.165, 1.54) is 0 Å². The van der Waals surface area contributed by atoms with Crippen LogP contribution in [-0.4, -0.2) is 10.9 Å². The molecule has 1 amide bonds. The quantitative estimate of drug-likeness (QED) is 0.719. The highest BCUT2D eigenvalue weighted by Crippen LogP contribution is 2.08. The molecule has 0 aliphatic rings. The summed E-state index contributed by atoms with van der Waals surface area (Å²) in [5, 5.41) is 4.47. The number of hydrogen-bond acceptors (Lipinski definition) is 4. The fraction of sp³-hybridized carbons (Fsp3) is 0.231. The summed E-state index contributed by atoms with van der Waals surface area (Å²) in [6.45, 7) is 0.356. The first kappa shape index (κ1) is 13.4. The topological polar surface area (TPSA) is 88.0 Å². The van der Waals surface area contributed by atoms with Gasteiger partial charge in [-0.1, -0.05) is 23.5 Å². The van der Waals surface area contributed by atoms with Crippen molar-refractivity contribution in [1.82, 2.24) is 10.3 Å². The fourth-order valence-corrected chi connectivity index (χ4v) is 2.27. The third-order valence-electron chi connectivity index (χ3n) is 2.64. The number of aryl methyl sites for hydroxylation is 1. The lowest BCUT2D eigenvalue weighted by Gasteiger charge is -2.04. The second kappa shape index (κ2) is 6.19. The van der Waals surface area contributed by atoms with Crippen molar-refractivity contribution in [2.45, 2.75) is 19.4 Å². The summed E-state index contributed by atoms with van der Waals surface area (Å²) in [7, 11) is 0. The smallest absolute Gasteiger partial charge is 0.304 e. The van der Waals surface area contributed by atoms with Crippen molar-refractivity contribution in [1.29, 1.82) is 0 Å². The number of rotatable bonds is 5. The molecule has 6 heteroatoms. The van der Waals surface area contributed by atoms with Crippen molar-refractivity contribution in [3.05, 3.63) is 50.6 Å². The number of nitrogens with two attached hydrogens (primary N) is 1. The zero-order valence-corrected chi connectivity index (χ0v) is 11.1. The Balaban J connectivity index is 1.77. The maximum absolute atomic E-state index is 11.7. The lowest BCUT2D eigenvalue weighted by atomic mass is 10.1. The summed E-state index contributed by atoms with van der Waals surface area (Å²) in [5.41, 5.74) is 8.14. The normalized spacial score (nSPS) is 10.3. The zero-order chi connectivity index (χ0) is 13.7. The average Bonchev–Trinajstić information content (AvgIpc) is 2.80. The van der Waals surface area contributed by atoms with Crippen LogP contribution in [0.2, 0.25) is 0 Å². The van der Waals surface area contributed by atoms with Crippen LogP contribution in [0.15, 0.2) is 34.4 Å². The van der Waals surface area contributed by atoms with Crippen molar-refractivity contribution >= 4 is 22.9 Å². The Labute approximate surface area is 114 Å². The van der Waals surface area contributed by atoms with Crippen molar-refractivity contribution in [2.24, 2.45) is 0 Å². The first-order chi connectivity index (χ1) is 9.13. The Morgan fingerprint density at radius 3 is 2.95 bits per heavy atom. The number of hydrogen-bond donors (Lipinski definition) is 3. The van der Waals surface area contributed by atoms with E-state index in [1.807, 2.05) is 24.3 Å². The van der Waals surface area contributed by atoms with Gasteiger partial charge in [0.2, 0.25) is 5.91 Å². The minimum Gasteiger partial charge on any atom is -0.399 e. The molecule has 0 bridgehead atoms. The molecule has 0 aliphatic carbocycles.